The number of carbonyl (C=O) groups is 1. The molecule has 112 valence electrons. The number of nitrogens with one attached hydrogen (secondary N) is 1. The Bertz CT molecular complexity index is 435. The van der Waals surface area contributed by atoms with Gasteiger partial charge in [-0.2, -0.15) is 0 Å². The first-order valence-corrected chi connectivity index (χ1v) is 7.10. The molecule has 20 heavy (non-hydrogen) atoms. The average molecular weight is 279 g/mol. The average Bonchev–Trinajstić information content (AvgIpc) is 2.45. The molecule has 0 bridgehead atoms. The van der Waals surface area contributed by atoms with Gasteiger partial charge in [-0.25, -0.2) is 0 Å². The standard InChI is InChI=1S/C15H25N3O2/c1-4-8-18(11-15(19)17-3)12-6-7-13(16)14(10-12)20-9-5-2/h6-7,10H,4-5,8-9,11,16H2,1-3H3,(H,17,19). The van der Waals surface area contributed by atoms with E-state index >= 15 is 0 Å². The lowest BCUT2D eigenvalue weighted by molar-refractivity contribution is -0.119. The van der Waals surface area contributed by atoms with E-state index in [1.165, 1.54) is 0 Å². The van der Waals surface area contributed by atoms with Crippen molar-refractivity contribution in [2.75, 3.05) is 37.4 Å². The molecule has 3 N–H and O–H groups in total. The first-order valence-electron chi connectivity index (χ1n) is 7.10. The molecule has 1 aromatic rings. The summed E-state index contributed by atoms with van der Waals surface area (Å²) in [7, 11) is 1.64. The second-order valence-electron chi connectivity index (χ2n) is 4.67. The number of nitrogens with zero attached hydrogens (tertiary/aromatic N) is 1. The van der Waals surface area contributed by atoms with Gasteiger partial charge in [-0.15, -0.1) is 0 Å². The van der Waals surface area contributed by atoms with Crippen molar-refractivity contribution in [3.63, 3.8) is 0 Å². The Morgan fingerprint density at radius 3 is 2.70 bits per heavy atom. The van der Waals surface area contributed by atoms with Crippen molar-refractivity contribution in [3.8, 4) is 5.75 Å². The number of anilines is 2. The summed E-state index contributed by atoms with van der Waals surface area (Å²) in [5, 5.41) is 2.65. The fourth-order valence-corrected chi connectivity index (χ4v) is 1.88. The molecule has 0 saturated heterocycles. The van der Waals surface area contributed by atoms with Crippen molar-refractivity contribution in [3.05, 3.63) is 18.2 Å². The van der Waals surface area contributed by atoms with E-state index in [-0.39, 0.29) is 5.91 Å². The maximum absolute atomic E-state index is 11.6. The van der Waals surface area contributed by atoms with Crippen LogP contribution in [-0.2, 0) is 4.79 Å². The topological polar surface area (TPSA) is 67.6 Å². The number of rotatable bonds is 8. The Morgan fingerprint density at radius 2 is 2.10 bits per heavy atom. The fraction of sp³-hybridized carbons (Fsp3) is 0.533. The summed E-state index contributed by atoms with van der Waals surface area (Å²) in [5.41, 5.74) is 7.49. The first-order chi connectivity index (χ1) is 9.62. The molecule has 0 unspecified atom stereocenters. The van der Waals surface area contributed by atoms with E-state index in [4.69, 9.17) is 10.5 Å². The van der Waals surface area contributed by atoms with Crippen molar-refractivity contribution in [2.45, 2.75) is 26.7 Å². The maximum Gasteiger partial charge on any atom is 0.239 e. The number of ether oxygens (including phenoxy) is 1. The van der Waals surface area contributed by atoms with Crippen LogP contribution < -0.4 is 20.7 Å². The highest BCUT2D eigenvalue weighted by atomic mass is 16.5. The molecule has 0 radical (unpaired) electrons. The van der Waals surface area contributed by atoms with Gasteiger partial charge >= 0.3 is 0 Å². The van der Waals surface area contributed by atoms with E-state index < -0.39 is 0 Å². The van der Waals surface area contributed by atoms with Crippen molar-refractivity contribution < 1.29 is 9.53 Å². The molecule has 5 heteroatoms. The molecule has 0 aliphatic carbocycles. The van der Waals surface area contributed by atoms with E-state index in [1.54, 1.807) is 7.05 Å². The highest BCUT2D eigenvalue weighted by Crippen LogP contribution is 2.28. The minimum Gasteiger partial charge on any atom is -0.491 e. The lowest BCUT2D eigenvalue weighted by Crippen LogP contribution is -2.36. The first kappa shape index (κ1) is 16.1. The number of nitrogen functional groups attached to an aromatic ring is 1. The van der Waals surface area contributed by atoms with Gasteiger partial charge in [0.15, 0.2) is 0 Å². The summed E-state index contributed by atoms with van der Waals surface area (Å²) >= 11 is 0. The van der Waals surface area contributed by atoms with Crippen molar-refractivity contribution in [1.29, 1.82) is 0 Å². The smallest absolute Gasteiger partial charge is 0.239 e. The second-order valence-corrected chi connectivity index (χ2v) is 4.67. The molecule has 5 nitrogen and oxygen atoms in total. The van der Waals surface area contributed by atoms with Gasteiger partial charge < -0.3 is 20.7 Å². The van der Waals surface area contributed by atoms with Crippen LogP contribution in [0.2, 0.25) is 0 Å². The molecular weight excluding hydrogens is 254 g/mol. The highest BCUT2D eigenvalue weighted by molar-refractivity contribution is 5.81. The molecule has 0 atom stereocenters. The van der Waals surface area contributed by atoms with E-state index in [1.807, 2.05) is 23.1 Å². The molecule has 0 aromatic heterocycles. The van der Waals surface area contributed by atoms with Crippen LogP contribution in [0.3, 0.4) is 0 Å². The number of nitrogens with two attached hydrogens (primary N) is 1. The molecule has 1 rings (SSSR count). The molecular formula is C15H25N3O2. The highest BCUT2D eigenvalue weighted by Gasteiger charge is 2.12. The summed E-state index contributed by atoms with van der Waals surface area (Å²) in [6, 6.07) is 5.66. The van der Waals surface area contributed by atoms with Crippen LogP contribution in [0.25, 0.3) is 0 Å². The van der Waals surface area contributed by atoms with Gasteiger partial charge in [-0.1, -0.05) is 13.8 Å². The fourth-order valence-electron chi connectivity index (χ4n) is 1.88. The van der Waals surface area contributed by atoms with E-state index in [9.17, 15) is 4.79 Å². The summed E-state index contributed by atoms with van der Waals surface area (Å²) in [5.74, 6) is 0.675. The molecule has 1 amide bonds. The predicted octanol–water partition coefficient (Wildman–Crippen LogP) is 2.02. The van der Waals surface area contributed by atoms with Crippen LogP contribution in [-0.4, -0.2) is 32.7 Å². The largest absolute Gasteiger partial charge is 0.491 e. The predicted molar refractivity (Wildman–Crippen MR) is 83.2 cm³/mol. The van der Waals surface area contributed by atoms with Crippen LogP contribution in [0.15, 0.2) is 18.2 Å². The Morgan fingerprint density at radius 1 is 1.35 bits per heavy atom. The maximum atomic E-state index is 11.6. The summed E-state index contributed by atoms with van der Waals surface area (Å²) in [6.45, 7) is 5.92. The minimum atomic E-state index is -0.00805. The number of likely N-dealkylation sites (N-methyl/N-ethyl adjacent to an activating group) is 1. The van der Waals surface area contributed by atoms with E-state index in [0.29, 0.717) is 24.6 Å². The van der Waals surface area contributed by atoms with E-state index in [2.05, 4.69) is 19.2 Å². The van der Waals surface area contributed by atoms with Gasteiger partial charge in [0.1, 0.15) is 5.75 Å². The molecule has 0 spiro atoms. The zero-order valence-corrected chi connectivity index (χ0v) is 12.6. The molecule has 0 aliphatic rings. The zero-order valence-electron chi connectivity index (χ0n) is 12.6. The Hall–Kier alpha value is -1.91. The Balaban J connectivity index is 2.91. The van der Waals surface area contributed by atoms with Crippen molar-refractivity contribution >= 4 is 17.3 Å². The van der Waals surface area contributed by atoms with Gasteiger partial charge in [0.2, 0.25) is 5.91 Å². The quantitative estimate of drug-likeness (QED) is 0.714. The molecule has 0 fully saturated rings. The summed E-state index contributed by atoms with van der Waals surface area (Å²) in [4.78, 5) is 13.6. The number of hydrogen-bond donors (Lipinski definition) is 2. The molecule has 1 aromatic carbocycles. The monoisotopic (exact) mass is 279 g/mol. The summed E-state index contributed by atoms with van der Waals surface area (Å²) in [6.07, 6.45) is 1.90. The number of amides is 1. The number of benzene rings is 1. The van der Waals surface area contributed by atoms with Gasteiger partial charge in [0.05, 0.1) is 18.8 Å². The van der Waals surface area contributed by atoms with Crippen LogP contribution >= 0.6 is 0 Å². The second kappa shape index (κ2) is 8.30. The van der Waals surface area contributed by atoms with Gasteiger partial charge in [0.25, 0.3) is 0 Å². The van der Waals surface area contributed by atoms with Gasteiger partial charge in [0, 0.05) is 25.3 Å². The van der Waals surface area contributed by atoms with Crippen molar-refractivity contribution in [2.24, 2.45) is 0 Å². The third kappa shape index (κ3) is 4.64. The Labute approximate surface area is 121 Å². The van der Waals surface area contributed by atoms with Crippen molar-refractivity contribution in [1.82, 2.24) is 5.32 Å². The van der Waals surface area contributed by atoms with Crippen LogP contribution in [0.1, 0.15) is 26.7 Å². The van der Waals surface area contributed by atoms with Gasteiger partial charge in [-0.05, 0) is 25.0 Å². The Kier molecular flexibility index (Phi) is 6.70. The third-order valence-electron chi connectivity index (χ3n) is 2.93. The molecule has 0 saturated carbocycles. The number of carbonyl (C=O) groups excluding carboxylic acids is 1. The molecule has 0 aliphatic heterocycles. The SMILES string of the molecule is CCCOc1cc(N(CCC)CC(=O)NC)ccc1N. The van der Waals surface area contributed by atoms with Gasteiger partial charge in [-0.3, -0.25) is 4.79 Å². The lowest BCUT2D eigenvalue weighted by atomic mass is 10.2. The third-order valence-corrected chi connectivity index (χ3v) is 2.93. The zero-order chi connectivity index (χ0) is 15.0. The van der Waals surface area contributed by atoms with E-state index in [0.717, 1.165) is 25.1 Å². The summed E-state index contributed by atoms with van der Waals surface area (Å²) < 4.78 is 5.63. The lowest BCUT2D eigenvalue weighted by Gasteiger charge is -2.24. The normalized spacial score (nSPS) is 10.2. The molecule has 0 heterocycles. The minimum absolute atomic E-state index is 0.00805. The van der Waals surface area contributed by atoms with Crippen LogP contribution in [0.4, 0.5) is 11.4 Å². The van der Waals surface area contributed by atoms with Crippen LogP contribution in [0.5, 0.6) is 5.75 Å². The van der Waals surface area contributed by atoms with Crippen LogP contribution in [0, 0.1) is 0 Å². The number of hydrogen-bond acceptors (Lipinski definition) is 4.